The molecule has 7 aromatic carbocycles. The van der Waals surface area contributed by atoms with E-state index in [9.17, 15) is 0 Å². The Bertz CT molecular complexity index is 2940. The first-order valence-electron chi connectivity index (χ1n) is 17.8. The van der Waals surface area contributed by atoms with Gasteiger partial charge in [0.15, 0.2) is 5.82 Å². The van der Waals surface area contributed by atoms with Crippen LogP contribution in [0.25, 0.3) is 98.5 Å². The fourth-order valence-corrected chi connectivity index (χ4v) is 8.71. The molecule has 0 aliphatic heterocycles. The normalized spacial score (nSPS) is 11.4. The van der Waals surface area contributed by atoms with Crippen molar-refractivity contribution in [3.63, 3.8) is 0 Å². The van der Waals surface area contributed by atoms with Crippen LogP contribution >= 0.6 is 11.3 Å². The minimum absolute atomic E-state index is 0.703. The Morgan fingerprint density at radius 1 is 0.321 bits per heavy atom. The highest BCUT2D eigenvalue weighted by molar-refractivity contribution is 7.26. The summed E-state index contributed by atoms with van der Waals surface area (Å²) in [6.45, 7) is 0. The second-order valence-corrected chi connectivity index (χ2v) is 14.2. The monoisotopic (exact) mass is 693 g/mol. The fraction of sp³-hybridized carbons (Fsp3) is 0. The quantitative estimate of drug-likeness (QED) is 0.174. The van der Waals surface area contributed by atoms with Gasteiger partial charge in [0, 0.05) is 48.0 Å². The lowest BCUT2D eigenvalue weighted by Crippen LogP contribution is -1.98. The Kier molecular flexibility index (Phi) is 7.67. The third kappa shape index (κ3) is 5.57. The highest BCUT2D eigenvalue weighted by Gasteiger charge is 2.24. The van der Waals surface area contributed by atoms with Gasteiger partial charge in [0.05, 0.1) is 22.8 Å². The Hall–Kier alpha value is -6.75. The maximum Gasteiger partial charge on any atom is 0.161 e. The van der Waals surface area contributed by atoms with E-state index in [1.807, 2.05) is 23.5 Å². The van der Waals surface area contributed by atoms with Crippen LogP contribution < -0.4 is 0 Å². The van der Waals surface area contributed by atoms with E-state index >= 15 is 0 Å². The number of fused-ring (bicyclic) bond motifs is 4. The van der Waals surface area contributed by atoms with Gasteiger partial charge in [-0.1, -0.05) is 158 Å². The number of nitrogens with zero attached hydrogens (tertiary/aromatic N) is 3. The second kappa shape index (κ2) is 13.1. The molecule has 0 radical (unpaired) electrons. The Morgan fingerprint density at radius 2 is 0.830 bits per heavy atom. The predicted octanol–water partition coefficient (Wildman–Crippen LogP) is 13.4. The highest BCUT2D eigenvalue weighted by Crippen LogP contribution is 2.49. The van der Waals surface area contributed by atoms with Gasteiger partial charge < -0.3 is 0 Å². The fourth-order valence-electron chi connectivity index (χ4n) is 7.43. The summed E-state index contributed by atoms with van der Waals surface area (Å²) < 4.78 is 2.40. The zero-order valence-electron chi connectivity index (χ0n) is 28.6. The average molecular weight is 694 g/mol. The summed E-state index contributed by atoms with van der Waals surface area (Å²) in [6.07, 6.45) is 0. The van der Waals surface area contributed by atoms with Gasteiger partial charge in [-0.15, -0.1) is 11.3 Å². The molecule has 4 heteroatoms. The maximum absolute atomic E-state index is 5.45. The Balaban J connectivity index is 1.28. The van der Waals surface area contributed by atoms with Gasteiger partial charge in [0.1, 0.15) is 0 Å². The molecule has 0 saturated carbocycles. The first-order chi connectivity index (χ1) is 26.3. The van der Waals surface area contributed by atoms with Gasteiger partial charge in [-0.05, 0) is 52.2 Å². The molecular formula is C49H31N3S. The highest BCUT2D eigenvalue weighted by atomic mass is 32.1. The van der Waals surface area contributed by atoms with Crippen molar-refractivity contribution < 1.29 is 0 Å². The van der Waals surface area contributed by atoms with Crippen molar-refractivity contribution in [2.75, 3.05) is 0 Å². The number of thiophene rings is 1. The molecule has 0 saturated heterocycles. The lowest BCUT2D eigenvalue weighted by atomic mass is 9.92. The van der Waals surface area contributed by atoms with Crippen LogP contribution in [0.4, 0.5) is 0 Å². The molecule has 10 rings (SSSR count). The van der Waals surface area contributed by atoms with Crippen LogP contribution in [-0.4, -0.2) is 15.0 Å². The van der Waals surface area contributed by atoms with Crippen molar-refractivity contribution in [3.8, 4) is 67.5 Å². The number of aromatic nitrogens is 3. The topological polar surface area (TPSA) is 38.7 Å². The largest absolute Gasteiger partial charge is 0.248 e. The van der Waals surface area contributed by atoms with Crippen LogP contribution in [0.1, 0.15) is 0 Å². The molecular weight excluding hydrogens is 663 g/mol. The molecule has 0 unspecified atom stereocenters. The molecule has 248 valence electrons. The zero-order valence-corrected chi connectivity index (χ0v) is 29.5. The van der Waals surface area contributed by atoms with E-state index in [-0.39, 0.29) is 0 Å². The van der Waals surface area contributed by atoms with Crippen LogP contribution in [0.15, 0.2) is 188 Å². The number of hydrogen-bond acceptors (Lipinski definition) is 4. The van der Waals surface area contributed by atoms with Crippen molar-refractivity contribution in [2.45, 2.75) is 0 Å². The lowest BCUT2D eigenvalue weighted by molar-refractivity contribution is 1.19. The van der Waals surface area contributed by atoms with Gasteiger partial charge in [-0.2, -0.15) is 0 Å². The summed E-state index contributed by atoms with van der Waals surface area (Å²) in [7, 11) is 0. The third-order valence-electron chi connectivity index (χ3n) is 9.90. The summed E-state index contributed by atoms with van der Waals surface area (Å²) in [4.78, 5) is 16.2. The van der Waals surface area contributed by atoms with Crippen molar-refractivity contribution >= 4 is 42.3 Å². The first kappa shape index (κ1) is 31.0. The van der Waals surface area contributed by atoms with Crippen LogP contribution in [0, 0.1) is 0 Å². The first-order valence-corrected chi connectivity index (χ1v) is 18.6. The number of hydrogen-bond donors (Lipinski definition) is 0. The summed E-state index contributed by atoms with van der Waals surface area (Å²) >= 11 is 1.81. The third-order valence-corrected chi connectivity index (χ3v) is 11.1. The molecule has 0 N–H and O–H groups in total. The Labute approximate surface area is 311 Å². The van der Waals surface area contributed by atoms with Gasteiger partial charge in [-0.3, -0.25) is 0 Å². The summed E-state index contributed by atoms with van der Waals surface area (Å²) in [6, 6.07) is 65.9. The molecule has 0 spiro atoms. The molecule has 53 heavy (non-hydrogen) atoms. The van der Waals surface area contributed by atoms with E-state index in [4.69, 9.17) is 15.0 Å². The van der Waals surface area contributed by atoms with Crippen molar-refractivity contribution in [2.24, 2.45) is 0 Å². The summed E-state index contributed by atoms with van der Waals surface area (Å²) in [5.74, 6) is 0.703. The van der Waals surface area contributed by atoms with Crippen LogP contribution in [0.2, 0.25) is 0 Å². The number of pyridine rings is 1. The van der Waals surface area contributed by atoms with Crippen LogP contribution in [0.5, 0.6) is 0 Å². The predicted molar refractivity (Wildman–Crippen MR) is 223 cm³/mol. The minimum atomic E-state index is 0.703. The molecule has 0 atom stereocenters. The number of benzene rings is 7. The van der Waals surface area contributed by atoms with Crippen molar-refractivity contribution in [1.29, 1.82) is 0 Å². The summed E-state index contributed by atoms with van der Waals surface area (Å²) in [5, 5.41) is 4.57. The van der Waals surface area contributed by atoms with E-state index in [0.29, 0.717) is 5.82 Å². The molecule has 3 aromatic heterocycles. The van der Waals surface area contributed by atoms with E-state index in [0.717, 1.165) is 72.3 Å². The van der Waals surface area contributed by atoms with Crippen molar-refractivity contribution in [1.82, 2.24) is 15.0 Å². The minimum Gasteiger partial charge on any atom is -0.248 e. The van der Waals surface area contributed by atoms with E-state index < -0.39 is 0 Å². The SMILES string of the molecule is c1ccc(-c2cccc(-c3cc(-c4ccccc4)nc(-c4c5ccccc5c(-c5cccc(-c6ccccc6)n5)c5sc6ccccc6c45)n3)c2)cc1. The molecule has 0 bridgehead atoms. The van der Waals surface area contributed by atoms with Gasteiger partial charge >= 0.3 is 0 Å². The summed E-state index contributed by atoms with van der Waals surface area (Å²) in [5.41, 5.74) is 11.3. The molecule has 0 fully saturated rings. The molecule has 10 aromatic rings. The average Bonchev–Trinajstić information content (AvgIpc) is 3.62. The number of rotatable bonds is 6. The molecule has 3 nitrogen and oxygen atoms in total. The molecule has 0 amide bonds. The smallest absolute Gasteiger partial charge is 0.161 e. The molecule has 3 heterocycles. The maximum atomic E-state index is 5.45. The van der Waals surface area contributed by atoms with Crippen LogP contribution in [-0.2, 0) is 0 Å². The Morgan fingerprint density at radius 3 is 1.55 bits per heavy atom. The van der Waals surface area contributed by atoms with Crippen molar-refractivity contribution in [3.05, 3.63) is 188 Å². The van der Waals surface area contributed by atoms with E-state index in [1.165, 1.54) is 20.3 Å². The van der Waals surface area contributed by atoms with Gasteiger partial charge in [0.2, 0.25) is 0 Å². The standard InChI is InChI=1S/C49H31N3S/c1-4-16-32(17-5-1)35-22-14-23-36(30-35)43-31-42(34-20-8-3-9-21-34)51-49(52-43)47-38-25-11-10-24-37(38)45(48-46(47)39-26-12-13-29-44(39)53-48)41-28-15-27-40(50-41)33-18-6-2-7-19-33/h1-31H. The van der Waals surface area contributed by atoms with E-state index in [1.54, 1.807) is 0 Å². The van der Waals surface area contributed by atoms with E-state index in [2.05, 4.69) is 176 Å². The zero-order chi connectivity index (χ0) is 35.1. The molecule has 0 aliphatic carbocycles. The van der Waals surface area contributed by atoms with Gasteiger partial charge in [-0.25, -0.2) is 15.0 Å². The van der Waals surface area contributed by atoms with Gasteiger partial charge in [0.25, 0.3) is 0 Å². The van der Waals surface area contributed by atoms with Crippen LogP contribution in [0.3, 0.4) is 0 Å². The molecule has 0 aliphatic rings. The second-order valence-electron chi connectivity index (χ2n) is 13.1. The lowest BCUT2D eigenvalue weighted by Gasteiger charge is -2.16.